The molecule has 240 valence electrons. The third-order valence-corrected chi connectivity index (χ3v) is 10.0. The van der Waals surface area contributed by atoms with E-state index in [1.807, 2.05) is 6.20 Å². The topological polar surface area (TPSA) is 35.6 Å². The number of aromatic nitrogens is 4. The van der Waals surface area contributed by atoms with E-state index in [2.05, 4.69) is 185 Å². The summed E-state index contributed by atoms with van der Waals surface area (Å²) >= 11 is 0. The molecule has 10 rings (SSSR count). The van der Waals surface area contributed by atoms with E-state index in [9.17, 15) is 0 Å². The molecule has 1 aliphatic rings. The Hall–Kier alpha value is -6.78. The highest BCUT2D eigenvalue weighted by Gasteiger charge is 2.21. The molecule has 0 saturated heterocycles. The summed E-state index contributed by atoms with van der Waals surface area (Å²) in [7, 11) is 0. The Morgan fingerprint density at radius 3 is 1.88 bits per heavy atom. The van der Waals surface area contributed by atoms with Crippen molar-refractivity contribution in [2.75, 3.05) is 0 Å². The average Bonchev–Trinajstić information content (AvgIpc) is 3.62. The fourth-order valence-corrected chi connectivity index (χ4v) is 7.61. The van der Waals surface area contributed by atoms with Crippen LogP contribution in [-0.4, -0.2) is 19.1 Å². The first-order valence-corrected chi connectivity index (χ1v) is 17.4. The molecular formula is C47H32N4. The number of fused-ring (bicyclic) bond motifs is 5. The van der Waals surface area contributed by atoms with E-state index in [0.717, 1.165) is 57.0 Å². The minimum atomic E-state index is 0.823. The molecule has 0 fully saturated rings. The minimum Gasteiger partial charge on any atom is -0.307 e. The van der Waals surface area contributed by atoms with Crippen molar-refractivity contribution in [3.05, 3.63) is 182 Å². The van der Waals surface area contributed by atoms with E-state index in [0.29, 0.717) is 0 Å². The van der Waals surface area contributed by atoms with Gasteiger partial charge in [0.2, 0.25) is 0 Å². The van der Waals surface area contributed by atoms with Crippen molar-refractivity contribution in [1.29, 1.82) is 0 Å². The lowest BCUT2D eigenvalue weighted by atomic mass is 9.96. The summed E-state index contributed by atoms with van der Waals surface area (Å²) in [6.07, 6.45) is 13.6. The monoisotopic (exact) mass is 652 g/mol. The second-order valence-electron chi connectivity index (χ2n) is 13.0. The number of allylic oxidation sites excluding steroid dienone is 6. The Balaban J connectivity index is 1.10. The molecule has 4 nitrogen and oxygen atoms in total. The summed E-state index contributed by atoms with van der Waals surface area (Å²) < 4.78 is 4.53. The van der Waals surface area contributed by atoms with Gasteiger partial charge in [0.1, 0.15) is 11.3 Å². The maximum absolute atomic E-state index is 5.41. The van der Waals surface area contributed by atoms with Crippen molar-refractivity contribution < 1.29 is 0 Å². The van der Waals surface area contributed by atoms with Gasteiger partial charge in [-0.2, -0.15) is 0 Å². The van der Waals surface area contributed by atoms with Crippen LogP contribution in [0.3, 0.4) is 0 Å². The molecule has 0 spiro atoms. The summed E-state index contributed by atoms with van der Waals surface area (Å²) in [4.78, 5) is 10.4. The zero-order valence-corrected chi connectivity index (χ0v) is 27.8. The van der Waals surface area contributed by atoms with Gasteiger partial charge in [-0.3, -0.25) is 4.57 Å². The lowest BCUT2D eigenvalue weighted by molar-refractivity contribution is 1.11. The quantitative estimate of drug-likeness (QED) is 0.185. The number of hydrogen-bond acceptors (Lipinski definition) is 2. The molecule has 0 amide bonds. The number of benzene rings is 6. The lowest BCUT2D eigenvalue weighted by Gasteiger charge is -2.11. The van der Waals surface area contributed by atoms with Gasteiger partial charge in [-0.05, 0) is 69.8 Å². The Bertz CT molecular complexity index is 2800. The lowest BCUT2D eigenvalue weighted by Crippen LogP contribution is -2.00. The van der Waals surface area contributed by atoms with Crippen molar-refractivity contribution >= 4 is 49.4 Å². The molecule has 51 heavy (non-hydrogen) atoms. The van der Waals surface area contributed by atoms with Crippen LogP contribution in [-0.2, 0) is 0 Å². The molecule has 0 N–H and O–H groups in total. The Labute approximate surface area is 295 Å². The van der Waals surface area contributed by atoms with Gasteiger partial charge in [-0.15, -0.1) is 0 Å². The number of nitrogens with zero attached hydrogens (tertiary/aromatic N) is 4. The number of para-hydroxylation sites is 2. The maximum atomic E-state index is 5.41. The number of pyridine rings is 1. The van der Waals surface area contributed by atoms with E-state index in [-0.39, 0.29) is 0 Å². The van der Waals surface area contributed by atoms with Gasteiger partial charge in [0.15, 0.2) is 5.65 Å². The normalized spacial score (nSPS) is 13.0. The molecular weight excluding hydrogens is 621 g/mol. The van der Waals surface area contributed by atoms with Gasteiger partial charge in [0.05, 0.1) is 16.7 Å². The van der Waals surface area contributed by atoms with Crippen LogP contribution in [0, 0.1) is 0 Å². The van der Waals surface area contributed by atoms with Crippen molar-refractivity contribution in [1.82, 2.24) is 19.1 Å². The molecule has 0 bridgehead atoms. The molecule has 0 saturated carbocycles. The third-order valence-electron chi connectivity index (χ3n) is 10.0. The minimum absolute atomic E-state index is 0.823. The molecule has 0 aliphatic heterocycles. The summed E-state index contributed by atoms with van der Waals surface area (Å²) in [6, 6.07) is 52.0. The van der Waals surface area contributed by atoms with Crippen molar-refractivity contribution in [3.8, 4) is 39.3 Å². The first kappa shape index (κ1) is 29.2. The summed E-state index contributed by atoms with van der Waals surface area (Å²) in [5.41, 5.74) is 11.8. The summed E-state index contributed by atoms with van der Waals surface area (Å²) in [5, 5.41) is 4.96. The van der Waals surface area contributed by atoms with Crippen LogP contribution in [0.25, 0.3) is 88.8 Å². The third kappa shape index (κ3) is 4.84. The van der Waals surface area contributed by atoms with Gasteiger partial charge in [-0.25, -0.2) is 9.97 Å². The SMILES string of the molecule is C1=CCC=CC(n2c(-c3ccc(-c4ccc(-c5cccc6ccccc56)cc4)cc3)nc3c(-n4c5ccccc5c5ccccc54)ccnc32)=C1. The summed E-state index contributed by atoms with van der Waals surface area (Å²) in [5.74, 6) is 0.856. The number of imidazole rings is 1. The van der Waals surface area contributed by atoms with Gasteiger partial charge in [0.25, 0.3) is 0 Å². The van der Waals surface area contributed by atoms with Crippen LogP contribution < -0.4 is 0 Å². The molecule has 4 heteroatoms. The van der Waals surface area contributed by atoms with Gasteiger partial charge >= 0.3 is 0 Å². The highest BCUT2D eigenvalue weighted by Crippen LogP contribution is 2.37. The van der Waals surface area contributed by atoms with Crippen LogP contribution in [0.5, 0.6) is 0 Å². The van der Waals surface area contributed by atoms with E-state index in [4.69, 9.17) is 9.97 Å². The van der Waals surface area contributed by atoms with E-state index in [1.165, 1.54) is 38.2 Å². The molecule has 3 heterocycles. The number of rotatable bonds is 5. The van der Waals surface area contributed by atoms with E-state index < -0.39 is 0 Å². The predicted octanol–water partition coefficient (Wildman–Crippen LogP) is 12.0. The zero-order valence-electron chi connectivity index (χ0n) is 27.8. The highest BCUT2D eigenvalue weighted by molar-refractivity contribution is 6.10. The smallest absolute Gasteiger partial charge is 0.167 e. The van der Waals surface area contributed by atoms with E-state index >= 15 is 0 Å². The second kappa shape index (κ2) is 12.0. The Kier molecular flexibility index (Phi) is 6.85. The number of hydrogen-bond donors (Lipinski definition) is 0. The Morgan fingerprint density at radius 2 is 1.14 bits per heavy atom. The highest BCUT2D eigenvalue weighted by atomic mass is 15.2. The fraction of sp³-hybridized carbons (Fsp3) is 0.0213. The first-order chi connectivity index (χ1) is 25.3. The molecule has 3 aromatic heterocycles. The maximum Gasteiger partial charge on any atom is 0.167 e. The molecule has 6 aromatic carbocycles. The van der Waals surface area contributed by atoms with Gasteiger partial charge in [-0.1, -0.05) is 146 Å². The van der Waals surface area contributed by atoms with Crippen molar-refractivity contribution in [2.24, 2.45) is 0 Å². The van der Waals surface area contributed by atoms with Crippen LogP contribution >= 0.6 is 0 Å². The first-order valence-electron chi connectivity index (χ1n) is 17.4. The van der Waals surface area contributed by atoms with Crippen LogP contribution in [0.1, 0.15) is 6.42 Å². The second-order valence-corrected chi connectivity index (χ2v) is 13.0. The van der Waals surface area contributed by atoms with Gasteiger partial charge < -0.3 is 4.57 Å². The van der Waals surface area contributed by atoms with Crippen LogP contribution in [0.4, 0.5) is 0 Å². The standard InChI is InChI=1S/C47H32N4/c1-2-4-15-37(14-3-1)50-46(49-45-44(30-31-48-47(45)50)51-42-20-9-7-17-40(42)41-18-8-10-21-43(41)51)36-28-24-33(25-29-36)32-22-26-35(27-23-32)39-19-11-13-34-12-5-6-16-38(34)39/h1,3-31H,2H2. The molecule has 9 aromatic rings. The van der Waals surface area contributed by atoms with Crippen LogP contribution in [0.2, 0.25) is 0 Å². The largest absolute Gasteiger partial charge is 0.307 e. The molecule has 0 unspecified atom stereocenters. The van der Waals surface area contributed by atoms with Crippen molar-refractivity contribution in [3.63, 3.8) is 0 Å². The molecule has 0 radical (unpaired) electrons. The summed E-state index contributed by atoms with van der Waals surface area (Å²) in [6.45, 7) is 0. The van der Waals surface area contributed by atoms with Gasteiger partial charge in [0, 0.05) is 28.2 Å². The molecule has 1 aliphatic carbocycles. The zero-order chi connectivity index (χ0) is 33.7. The average molecular weight is 653 g/mol. The van der Waals surface area contributed by atoms with Crippen molar-refractivity contribution in [2.45, 2.75) is 6.42 Å². The fourth-order valence-electron chi connectivity index (χ4n) is 7.61. The van der Waals surface area contributed by atoms with E-state index in [1.54, 1.807) is 0 Å². The van der Waals surface area contributed by atoms with Crippen LogP contribution in [0.15, 0.2) is 182 Å². The predicted molar refractivity (Wildman–Crippen MR) is 213 cm³/mol. The molecule has 0 atom stereocenters. The Morgan fingerprint density at radius 1 is 0.510 bits per heavy atom.